The molecule has 3 rings (SSSR count). The average molecular weight is 393 g/mol. The van der Waals surface area contributed by atoms with Gasteiger partial charge in [0.05, 0.1) is 17.7 Å². The molecule has 124 valence electrons. The van der Waals surface area contributed by atoms with E-state index in [2.05, 4.69) is 21.1 Å². The van der Waals surface area contributed by atoms with E-state index in [1.54, 1.807) is 6.21 Å². The zero-order valence-corrected chi connectivity index (χ0v) is 14.1. The van der Waals surface area contributed by atoms with Gasteiger partial charge >= 0.3 is 0 Å². The zero-order chi connectivity index (χ0) is 16.9. The molecule has 8 heteroatoms. The molecule has 0 N–H and O–H groups in total. The third kappa shape index (κ3) is 3.72. The minimum absolute atomic E-state index is 0.0313. The number of fused-ring (bicyclic) bond motifs is 1. The predicted octanol–water partition coefficient (Wildman–Crippen LogP) is 3.77. The Balaban J connectivity index is 1.76. The first-order valence-electron chi connectivity index (χ1n) is 7.06. The Labute approximate surface area is 146 Å². The summed E-state index contributed by atoms with van der Waals surface area (Å²) >= 11 is 3.41. The molecule has 0 saturated heterocycles. The fourth-order valence-electron chi connectivity index (χ4n) is 2.27. The number of oxime groups is 1. The van der Waals surface area contributed by atoms with Crippen LogP contribution in [0.3, 0.4) is 0 Å². The smallest absolute Gasteiger partial charge is 0.270 e. The number of nitro benzene ring substituents is 1. The van der Waals surface area contributed by atoms with Crippen LogP contribution in [-0.2, 0) is 22.8 Å². The van der Waals surface area contributed by atoms with E-state index in [4.69, 9.17) is 14.3 Å². The van der Waals surface area contributed by atoms with Gasteiger partial charge in [-0.2, -0.15) is 0 Å². The summed E-state index contributed by atoms with van der Waals surface area (Å²) in [6, 6.07) is 10.4. The normalized spacial score (nSPS) is 13.4. The van der Waals surface area contributed by atoms with Crippen molar-refractivity contribution in [1.29, 1.82) is 0 Å². The average Bonchev–Trinajstić information content (AvgIpc) is 2.59. The van der Waals surface area contributed by atoms with Crippen molar-refractivity contribution in [2.45, 2.75) is 13.2 Å². The molecule has 7 nitrogen and oxygen atoms in total. The molecule has 0 atom stereocenters. The van der Waals surface area contributed by atoms with Crippen LogP contribution in [0, 0.1) is 10.1 Å². The molecule has 0 radical (unpaired) electrons. The molecule has 24 heavy (non-hydrogen) atoms. The molecule has 0 aromatic heterocycles. The third-order valence-electron chi connectivity index (χ3n) is 3.37. The van der Waals surface area contributed by atoms with E-state index < -0.39 is 4.92 Å². The number of hydrogen-bond acceptors (Lipinski definition) is 6. The number of benzene rings is 2. The number of rotatable bonds is 5. The molecule has 0 aliphatic carbocycles. The van der Waals surface area contributed by atoms with E-state index in [0.29, 0.717) is 16.9 Å². The summed E-state index contributed by atoms with van der Waals surface area (Å²) in [6.45, 7) is 0.438. The molecule has 0 spiro atoms. The highest BCUT2D eigenvalue weighted by atomic mass is 79.9. The molecular weight excluding hydrogens is 380 g/mol. The SMILES string of the molecule is O=[N+]([O-])c1cc2c(c(CO/N=C\c3ccccc3Br)c1)OCOC2. The van der Waals surface area contributed by atoms with Crippen molar-refractivity contribution in [2.75, 3.05) is 6.79 Å². The minimum atomic E-state index is -0.456. The number of nitro groups is 1. The van der Waals surface area contributed by atoms with Gasteiger partial charge < -0.3 is 14.3 Å². The molecule has 0 saturated carbocycles. The third-order valence-corrected chi connectivity index (χ3v) is 4.10. The van der Waals surface area contributed by atoms with Gasteiger partial charge in [-0.25, -0.2) is 0 Å². The molecule has 2 aromatic rings. The second-order valence-electron chi connectivity index (χ2n) is 4.99. The number of halogens is 1. The second kappa shape index (κ2) is 7.41. The van der Waals surface area contributed by atoms with Gasteiger partial charge in [0.25, 0.3) is 5.69 Å². The summed E-state index contributed by atoms with van der Waals surface area (Å²) in [6.07, 6.45) is 1.57. The van der Waals surface area contributed by atoms with Gasteiger partial charge in [0, 0.05) is 33.3 Å². The van der Waals surface area contributed by atoms with Crippen molar-refractivity contribution in [3.63, 3.8) is 0 Å². The van der Waals surface area contributed by atoms with Crippen LogP contribution < -0.4 is 4.74 Å². The summed E-state index contributed by atoms with van der Waals surface area (Å²) in [5.41, 5.74) is 2.02. The summed E-state index contributed by atoms with van der Waals surface area (Å²) < 4.78 is 11.5. The lowest BCUT2D eigenvalue weighted by molar-refractivity contribution is -0.385. The number of nitrogens with zero attached hydrogens (tertiary/aromatic N) is 2. The first-order valence-corrected chi connectivity index (χ1v) is 7.85. The van der Waals surface area contributed by atoms with Crippen LogP contribution in [0.1, 0.15) is 16.7 Å². The number of hydrogen-bond donors (Lipinski definition) is 0. The zero-order valence-electron chi connectivity index (χ0n) is 12.5. The van der Waals surface area contributed by atoms with Crippen LogP contribution in [0.15, 0.2) is 46.0 Å². The first-order chi connectivity index (χ1) is 11.6. The lowest BCUT2D eigenvalue weighted by atomic mass is 10.1. The van der Waals surface area contributed by atoms with Gasteiger partial charge in [-0.15, -0.1) is 0 Å². The van der Waals surface area contributed by atoms with Gasteiger partial charge in [-0.3, -0.25) is 10.1 Å². The highest BCUT2D eigenvalue weighted by Gasteiger charge is 2.21. The van der Waals surface area contributed by atoms with Gasteiger partial charge in [-0.05, 0) is 6.07 Å². The maximum atomic E-state index is 11.0. The molecule has 2 aromatic carbocycles. The largest absolute Gasteiger partial charge is 0.467 e. The highest BCUT2D eigenvalue weighted by molar-refractivity contribution is 9.10. The topological polar surface area (TPSA) is 83.2 Å². The lowest BCUT2D eigenvalue weighted by Gasteiger charge is -2.20. The molecule has 1 heterocycles. The minimum Gasteiger partial charge on any atom is -0.467 e. The summed E-state index contributed by atoms with van der Waals surface area (Å²) in [4.78, 5) is 15.9. The Hall–Kier alpha value is -2.45. The highest BCUT2D eigenvalue weighted by Crippen LogP contribution is 2.33. The van der Waals surface area contributed by atoms with E-state index in [0.717, 1.165) is 10.0 Å². The van der Waals surface area contributed by atoms with Crippen molar-refractivity contribution in [3.05, 3.63) is 67.7 Å². The summed E-state index contributed by atoms with van der Waals surface area (Å²) in [5.74, 6) is 0.558. The van der Waals surface area contributed by atoms with E-state index in [-0.39, 0.29) is 25.7 Å². The molecule has 0 amide bonds. The molecule has 0 bridgehead atoms. The monoisotopic (exact) mass is 392 g/mol. The van der Waals surface area contributed by atoms with E-state index >= 15 is 0 Å². The predicted molar refractivity (Wildman–Crippen MR) is 89.9 cm³/mol. The Morgan fingerprint density at radius 2 is 2.21 bits per heavy atom. The molecule has 0 unspecified atom stereocenters. The molecular formula is C16H13BrN2O5. The van der Waals surface area contributed by atoms with Gasteiger partial charge in [-0.1, -0.05) is 39.3 Å². The van der Waals surface area contributed by atoms with E-state index in [9.17, 15) is 10.1 Å². The maximum absolute atomic E-state index is 11.0. The van der Waals surface area contributed by atoms with Crippen molar-refractivity contribution in [3.8, 4) is 5.75 Å². The summed E-state index contributed by atoms with van der Waals surface area (Å²) in [5, 5.41) is 14.9. The number of ether oxygens (including phenoxy) is 2. The lowest BCUT2D eigenvalue weighted by Crippen LogP contribution is -2.14. The van der Waals surface area contributed by atoms with Crippen LogP contribution in [0.4, 0.5) is 5.69 Å². The van der Waals surface area contributed by atoms with Gasteiger partial charge in [0.1, 0.15) is 12.4 Å². The second-order valence-corrected chi connectivity index (χ2v) is 5.84. The Morgan fingerprint density at radius 1 is 1.38 bits per heavy atom. The van der Waals surface area contributed by atoms with Crippen molar-refractivity contribution >= 4 is 27.8 Å². The van der Waals surface area contributed by atoms with Crippen LogP contribution >= 0.6 is 15.9 Å². The van der Waals surface area contributed by atoms with Crippen LogP contribution in [0.25, 0.3) is 0 Å². The van der Waals surface area contributed by atoms with Crippen molar-refractivity contribution < 1.29 is 19.2 Å². The quantitative estimate of drug-likeness (QED) is 0.439. The molecule has 0 fully saturated rings. The van der Waals surface area contributed by atoms with Crippen molar-refractivity contribution in [2.24, 2.45) is 5.16 Å². The molecule has 1 aliphatic rings. The van der Waals surface area contributed by atoms with E-state index in [1.807, 2.05) is 24.3 Å². The first kappa shape index (κ1) is 16.4. The fourth-order valence-corrected chi connectivity index (χ4v) is 2.66. The van der Waals surface area contributed by atoms with Crippen LogP contribution in [0.2, 0.25) is 0 Å². The van der Waals surface area contributed by atoms with E-state index in [1.165, 1.54) is 12.1 Å². The van der Waals surface area contributed by atoms with Gasteiger partial charge in [0.15, 0.2) is 6.79 Å². The van der Waals surface area contributed by atoms with Crippen LogP contribution in [-0.4, -0.2) is 17.9 Å². The Bertz CT molecular complexity index is 794. The summed E-state index contributed by atoms with van der Waals surface area (Å²) in [7, 11) is 0. The maximum Gasteiger partial charge on any atom is 0.270 e. The fraction of sp³-hybridized carbons (Fsp3) is 0.188. The number of non-ortho nitro benzene ring substituents is 1. The standard InChI is InChI=1S/C16H13BrN2O5/c17-15-4-2-1-3-11(15)7-18-24-9-13-6-14(19(20)21)5-12-8-22-10-23-16(12)13/h1-7H,8-10H2/b18-7-. The van der Waals surface area contributed by atoms with Crippen LogP contribution in [0.5, 0.6) is 5.75 Å². The Morgan fingerprint density at radius 3 is 3.00 bits per heavy atom. The molecule has 1 aliphatic heterocycles. The van der Waals surface area contributed by atoms with Gasteiger partial charge in [0.2, 0.25) is 0 Å². The Kier molecular flexibility index (Phi) is 5.07. The van der Waals surface area contributed by atoms with Crippen molar-refractivity contribution in [1.82, 2.24) is 0 Å².